The third kappa shape index (κ3) is 2.63. The second-order valence-electron chi connectivity index (χ2n) is 6.58. The minimum Gasteiger partial charge on any atom is -0.369 e. The lowest BCUT2D eigenvalue weighted by molar-refractivity contribution is -0.137. The summed E-state index contributed by atoms with van der Waals surface area (Å²) >= 11 is 0. The van der Waals surface area contributed by atoms with E-state index in [9.17, 15) is 9.59 Å². The molecule has 0 bridgehead atoms. The van der Waals surface area contributed by atoms with E-state index >= 15 is 0 Å². The van der Waals surface area contributed by atoms with Gasteiger partial charge in [0.05, 0.1) is 11.4 Å². The summed E-state index contributed by atoms with van der Waals surface area (Å²) in [5.74, 6) is -0.0282. The van der Waals surface area contributed by atoms with Gasteiger partial charge in [0.1, 0.15) is 24.2 Å². The van der Waals surface area contributed by atoms with E-state index in [1.807, 2.05) is 31.2 Å². The number of aromatic nitrogens is 3. The summed E-state index contributed by atoms with van der Waals surface area (Å²) in [5.41, 5.74) is 1.08. The minimum atomic E-state index is -0.651. The van der Waals surface area contributed by atoms with E-state index in [1.165, 1.54) is 6.33 Å². The first-order chi connectivity index (χ1) is 12.1. The zero-order valence-electron chi connectivity index (χ0n) is 14.0. The molecule has 1 fully saturated rings. The van der Waals surface area contributed by atoms with Gasteiger partial charge < -0.3 is 15.5 Å². The Labute approximate surface area is 145 Å². The van der Waals surface area contributed by atoms with Crippen LogP contribution >= 0.6 is 0 Å². The van der Waals surface area contributed by atoms with E-state index in [2.05, 4.69) is 20.7 Å². The summed E-state index contributed by atoms with van der Waals surface area (Å²) in [4.78, 5) is 31.0. The van der Waals surface area contributed by atoms with Crippen molar-refractivity contribution >= 4 is 23.2 Å². The third-order valence-electron chi connectivity index (χ3n) is 5.10. The third-order valence-corrected chi connectivity index (χ3v) is 5.10. The molecule has 1 aromatic carbocycles. The lowest BCUT2D eigenvalue weighted by Crippen LogP contribution is -2.59. The molecule has 25 heavy (non-hydrogen) atoms. The largest absolute Gasteiger partial charge is 0.369 e. The minimum absolute atomic E-state index is 0.00281. The number of piperidine rings is 1. The van der Waals surface area contributed by atoms with Crippen LogP contribution in [0, 0.1) is 0 Å². The van der Waals surface area contributed by atoms with Gasteiger partial charge in [-0.05, 0) is 31.9 Å². The number of carbonyl (C=O) groups is 2. The smallest absolute Gasteiger partial charge is 0.250 e. The molecule has 2 aliphatic rings. The highest BCUT2D eigenvalue weighted by atomic mass is 16.2. The van der Waals surface area contributed by atoms with E-state index in [0.29, 0.717) is 25.9 Å². The van der Waals surface area contributed by atoms with Crippen LogP contribution in [0.5, 0.6) is 0 Å². The van der Waals surface area contributed by atoms with E-state index in [4.69, 9.17) is 0 Å². The summed E-state index contributed by atoms with van der Waals surface area (Å²) in [5, 5.41) is 10.4. The SMILES string of the molecule is C[C@H](C(=O)N1CCC2(CC1)Nc1ccccc1NC2=O)n1cncn1. The molecule has 2 N–H and O–H groups in total. The van der Waals surface area contributed by atoms with Gasteiger partial charge >= 0.3 is 0 Å². The number of nitrogens with one attached hydrogen (secondary N) is 2. The van der Waals surface area contributed by atoms with Crippen LogP contribution in [-0.2, 0) is 9.59 Å². The Morgan fingerprint density at radius 1 is 1.24 bits per heavy atom. The highest BCUT2D eigenvalue weighted by molar-refractivity contribution is 6.06. The molecule has 1 atom stereocenters. The summed E-state index contributed by atoms with van der Waals surface area (Å²) in [6, 6.07) is 7.28. The zero-order valence-corrected chi connectivity index (χ0v) is 14.0. The van der Waals surface area contributed by atoms with Crippen LogP contribution in [0.4, 0.5) is 11.4 Å². The first-order valence-electron chi connectivity index (χ1n) is 8.41. The maximum absolute atomic E-state index is 12.7. The van der Waals surface area contributed by atoms with Crippen molar-refractivity contribution < 1.29 is 9.59 Å². The van der Waals surface area contributed by atoms with Crippen LogP contribution in [-0.4, -0.2) is 50.1 Å². The summed E-state index contributed by atoms with van der Waals surface area (Å²) in [6.07, 6.45) is 4.11. The van der Waals surface area contributed by atoms with Gasteiger partial charge in [0.2, 0.25) is 11.8 Å². The number of nitrogens with zero attached hydrogens (tertiary/aromatic N) is 4. The summed E-state index contributed by atoms with van der Waals surface area (Å²) < 4.78 is 1.55. The van der Waals surface area contributed by atoms with Gasteiger partial charge in [-0.25, -0.2) is 9.67 Å². The van der Waals surface area contributed by atoms with Gasteiger partial charge in [-0.15, -0.1) is 0 Å². The van der Waals surface area contributed by atoms with E-state index < -0.39 is 11.6 Å². The molecule has 0 unspecified atom stereocenters. The van der Waals surface area contributed by atoms with Crippen LogP contribution in [0.2, 0.25) is 0 Å². The van der Waals surface area contributed by atoms with Crippen LogP contribution < -0.4 is 10.6 Å². The van der Waals surface area contributed by atoms with Gasteiger partial charge in [-0.1, -0.05) is 12.1 Å². The number of amides is 2. The summed E-state index contributed by atoms with van der Waals surface area (Å²) in [6.45, 7) is 2.87. The molecular formula is C17H20N6O2. The molecule has 2 aromatic rings. The van der Waals surface area contributed by atoms with Crippen LogP contribution in [0.3, 0.4) is 0 Å². The van der Waals surface area contributed by atoms with E-state index in [0.717, 1.165) is 11.4 Å². The normalized spacial score (nSPS) is 19.7. The molecule has 1 spiro atoms. The van der Waals surface area contributed by atoms with Crippen molar-refractivity contribution in [2.45, 2.75) is 31.3 Å². The predicted molar refractivity (Wildman–Crippen MR) is 92.0 cm³/mol. The highest BCUT2D eigenvalue weighted by Gasteiger charge is 2.45. The molecule has 3 heterocycles. The molecule has 8 heteroatoms. The maximum Gasteiger partial charge on any atom is 0.250 e. The molecular weight excluding hydrogens is 320 g/mol. The number of anilines is 2. The number of rotatable bonds is 2. The number of hydrogen-bond acceptors (Lipinski definition) is 5. The van der Waals surface area contributed by atoms with E-state index in [1.54, 1.807) is 15.9 Å². The van der Waals surface area contributed by atoms with Crippen LogP contribution in [0.1, 0.15) is 25.8 Å². The van der Waals surface area contributed by atoms with Crippen molar-refractivity contribution in [1.82, 2.24) is 19.7 Å². The Kier molecular flexibility index (Phi) is 3.67. The molecule has 2 amide bonds. The topological polar surface area (TPSA) is 92.2 Å². The van der Waals surface area contributed by atoms with Crippen molar-refractivity contribution in [2.75, 3.05) is 23.7 Å². The number of hydrogen-bond donors (Lipinski definition) is 2. The monoisotopic (exact) mass is 340 g/mol. The maximum atomic E-state index is 12.7. The first-order valence-corrected chi connectivity index (χ1v) is 8.41. The van der Waals surface area contributed by atoms with Gasteiger partial charge in [-0.2, -0.15) is 5.10 Å². The molecule has 8 nitrogen and oxygen atoms in total. The number of fused-ring (bicyclic) bond motifs is 1. The predicted octanol–water partition coefficient (Wildman–Crippen LogP) is 1.26. The molecule has 0 radical (unpaired) electrons. The second-order valence-corrected chi connectivity index (χ2v) is 6.58. The van der Waals surface area contributed by atoms with Crippen molar-refractivity contribution in [3.8, 4) is 0 Å². The fourth-order valence-corrected chi connectivity index (χ4v) is 3.51. The molecule has 1 aromatic heterocycles. The number of para-hydroxylation sites is 2. The lowest BCUT2D eigenvalue weighted by atomic mass is 9.84. The van der Waals surface area contributed by atoms with Gasteiger partial charge in [0.15, 0.2) is 0 Å². The lowest BCUT2D eigenvalue weighted by Gasteiger charge is -2.44. The van der Waals surface area contributed by atoms with Gasteiger partial charge in [0.25, 0.3) is 0 Å². The molecule has 1 saturated heterocycles. The number of benzene rings is 1. The highest BCUT2D eigenvalue weighted by Crippen LogP contribution is 2.36. The molecule has 0 aliphatic carbocycles. The fraction of sp³-hybridized carbons (Fsp3) is 0.412. The Bertz CT molecular complexity index is 795. The summed E-state index contributed by atoms with van der Waals surface area (Å²) in [7, 11) is 0. The fourth-order valence-electron chi connectivity index (χ4n) is 3.51. The van der Waals surface area contributed by atoms with Crippen LogP contribution in [0.25, 0.3) is 0 Å². The zero-order chi connectivity index (χ0) is 17.4. The average molecular weight is 340 g/mol. The second kappa shape index (κ2) is 5.87. The molecule has 4 rings (SSSR count). The van der Waals surface area contributed by atoms with Crippen LogP contribution in [0.15, 0.2) is 36.9 Å². The average Bonchev–Trinajstić information content (AvgIpc) is 3.17. The quantitative estimate of drug-likeness (QED) is 0.859. The van der Waals surface area contributed by atoms with Crippen molar-refractivity contribution in [1.29, 1.82) is 0 Å². The van der Waals surface area contributed by atoms with Gasteiger partial charge in [0, 0.05) is 13.1 Å². The first kappa shape index (κ1) is 15.6. The van der Waals surface area contributed by atoms with Crippen molar-refractivity contribution in [2.24, 2.45) is 0 Å². The van der Waals surface area contributed by atoms with Crippen molar-refractivity contribution in [3.63, 3.8) is 0 Å². The Balaban J connectivity index is 1.46. The number of carbonyl (C=O) groups excluding carboxylic acids is 2. The Hall–Kier alpha value is -2.90. The number of likely N-dealkylation sites (tertiary alicyclic amines) is 1. The molecule has 2 aliphatic heterocycles. The Morgan fingerprint density at radius 2 is 1.96 bits per heavy atom. The van der Waals surface area contributed by atoms with E-state index in [-0.39, 0.29) is 11.8 Å². The molecule has 0 saturated carbocycles. The van der Waals surface area contributed by atoms with Crippen molar-refractivity contribution in [3.05, 3.63) is 36.9 Å². The Morgan fingerprint density at radius 3 is 2.64 bits per heavy atom. The van der Waals surface area contributed by atoms with Gasteiger partial charge in [-0.3, -0.25) is 9.59 Å². The molecule has 130 valence electrons. The standard InChI is InChI=1S/C17H20N6O2/c1-12(23-11-18-10-19-23)15(24)22-8-6-17(7-9-22)16(25)20-13-4-2-3-5-14(13)21-17/h2-5,10-12,21H,6-9H2,1H3,(H,20,25)/t12-/m1/s1.